The van der Waals surface area contributed by atoms with Crippen molar-refractivity contribution in [1.82, 2.24) is 15.5 Å². The van der Waals surface area contributed by atoms with Crippen LogP contribution < -0.4 is 16.0 Å². The van der Waals surface area contributed by atoms with Crippen molar-refractivity contribution in [3.8, 4) is 0 Å². The SMILES string of the molecule is CNC1CCCN(C(=O)CCNC(=O)Nc2ccc(Br)cc2)C1. The van der Waals surface area contributed by atoms with Gasteiger partial charge in [0.1, 0.15) is 0 Å². The van der Waals surface area contributed by atoms with Gasteiger partial charge in [0.25, 0.3) is 0 Å². The summed E-state index contributed by atoms with van der Waals surface area (Å²) in [4.78, 5) is 25.8. The zero-order chi connectivity index (χ0) is 16.7. The standard InChI is InChI=1S/C16H23BrN4O2/c1-18-14-3-2-10-21(11-14)15(22)8-9-19-16(23)20-13-6-4-12(17)5-7-13/h4-7,14,18H,2-3,8-11H2,1H3,(H2,19,20,23). The number of likely N-dealkylation sites (tertiary alicyclic amines) is 1. The average molecular weight is 383 g/mol. The minimum atomic E-state index is -0.299. The van der Waals surface area contributed by atoms with Crippen LogP contribution in [-0.2, 0) is 4.79 Å². The molecule has 7 heteroatoms. The first-order valence-corrected chi connectivity index (χ1v) is 8.63. The molecule has 0 bridgehead atoms. The molecule has 0 saturated carbocycles. The number of likely N-dealkylation sites (N-methyl/N-ethyl adjacent to an activating group) is 1. The summed E-state index contributed by atoms with van der Waals surface area (Å²) >= 11 is 3.34. The number of carbonyl (C=O) groups is 2. The fraction of sp³-hybridized carbons (Fsp3) is 0.500. The Bertz CT molecular complexity index is 535. The second-order valence-corrected chi connectivity index (χ2v) is 6.52. The Labute approximate surface area is 145 Å². The van der Waals surface area contributed by atoms with Gasteiger partial charge in [0.15, 0.2) is 0 Å². The van der Waals surface area contributed by atoms with E-state index in [4.69, 9.17) is 0 Å². The molecule has 0 aliphatic carbocycles. The lowest BCUT2D eigenvalue weighted by molar-refractivity contribution is -0.132. The second-order valence-electron chi connectivity index (χ2n) is 5.61. The Morgan fingerprint density at radius 1 is 1.30 bits per heavy atom. The predicted octanol–water partition coefficient (Wildman–Crippen LogP) is 2.17. The Morgan fingerprint density at radius 3 is 2.74 bits per heavy atom. The molecule has 1 aliphatic heterocycles. The summed E-state index contributed by atoms with van der Waals surface area (Å²) in [6, 6.07) is 7.40. The van der Waals surface area contributed by atoms with Gasteiger partial charge in [-0.15, -0.1) is 0 Å². The maximum Gasteiger partial charge on any atom is 0.319 e. The maximum atomic E-state index is 12.2. The van der Waals surface area contributed by atoms with Crippen LogP contribution in [0, 0.1) is 0 Å². The highest BCUT2D eigenvalue weighted by Gasteiger charge is 2.22. The fourth-order valence-corrected chi connectivity index (χ4v) is 2.85. The van der Waals surface area contributed by atoms with Gasteiger partial charge in [0.05, 0.1) is 0 Å². The molecule has 1 aromatic rings. The van der Waals surface area contributed by atoms with E-state index in [2.05, 4.69) is 31.9 Å². The lowest BCUT2D eigenvalue weighted by Gasteiger charge is -2.32. The summed E-state index contributed by atoms with van der Waals surface area (Å²) < 4.78 is 0.954. The molecule has 0 spiro atoms. The third kappa shape index (κ3) is 5.84. The van der Waals surface area contributed by atoms with Gasteiger partial charge in [-0.05, 0) is 44.2 Å². The van der Waals surface area contributed by atoms with Gasteiger partial charge in [-0.3, -0.25) is 4.79 Å². The van der Waals surface area contributed by atoms with Gasteiger partial charge in [0, 0.05) is 42.3 Å². The van der Waals surface area contributed by atoms with Crippen molar-refractivity contribution in [3.63, 3.8) is 0 Å². The fourth-order valence-electron chi connectivity index (χ4n) is 2.59. The smallest absolute Gasteiger partial charge is 0.319 e. The number of benzene rings is 1. The van der Waals surface area contributed by atoms with Gasteiger partial charge in [-0.25, -0.2) is 4.79 Å². The van der Waals surface area contributed by atoms with Crippen LogP contribution in [0.15, 0.2) is 28.7 Å². The Morgan fingerprint density at radius 2 is 2.04 bits per heavy atom. The van der Waals surface area contributed by atoms with Crippen LogP contribution in [0.1, 0.15) is 19.3 Å². The minimum Gasteiger partial charge on any atom is -0.341 e. The third-order valence-electron chi connectivity index (χ3n) is 3.91. The van der Waals surface area contributed by atoms with E-state index in [1.54, 1.807) is 12.1 Å². The zero-order valence-electron chi connectivity index (χ0n) is 13.3. The van der Waals surface area contributed by atoms with E-state index in [0.29, 0.717) is 24.7 Å². The molecular formula is C16H23BrN4O2. The maximum absolute atomic E-state index is 12.2. The van der Waals surface area contributed by atoms with Crippen LogP contribution in [0.5, 0.6) is 0 Å². The highest BCUT2D eigenvalue weighted by molar-refractivity contribution is 9.10. The highest BCUT2D eigenvalue weighted by atomic mass is 79.9. The monoisotopic (exact) mass is 382 g/mol. The quantitative estimate of drug-likeness (QED) is 0.730. The molecule has 126 valence electrons. The van der Waals surface area contributed by atoms with Gasteiger partial charge in [-0.1, -0.05) is 15.9 Å². The summed E-state index contributed by atoms with van der Waals surface area (Å²) in [5.74, 6) is 0.0916. The van der Waals surface area contributed by atoms with Crippen LogP contribution in [0.25, 0.3) is 0 Å². The number of carbonyl (C=O) groups excluding carboxylic acids is 2. The number of hydrogen-bond donors (Lipinski definition) is 3. The average Bonchev–Trinajstić information content (AvgIpc) is 2.57. The van der Waals surface area contributed by atoms with Crippen molar-refractivity contribution in [2.24, 2.45) is 0 Å². The molecule has 2 rings (SSSR count). The molecule has 3 N–H and O–H groups in total. The predicted molar refractivity (Wildman–Crippen MR) is 94.4 cm³/mol. The summed E-state index contributed by atoms with van der Waals surface area (Å²) in [5, 5.41) is 8.67. The largest absolute Gasteiger partial charge is 0.341 e. The molecule has 6 nitrogen and oxygen atoms in total. The molecule has 3 amide bonds. The number of nitrogens with zero attached hydrogens (tertiary/aromatic N) is 1. The molecule has 1 unspecified atom stereocenters. The van der Waals surface area contributed by atoms with Gasteiger partial charge in [0.2, 0.25) is 5.91 Å². The summed E-state index contributed by atoms with van der Waals surface area (Å²) in [7, 11) is 1.92. The van der Waals surface area contributed by atoms with Crippen molar-refractivity contribution < 1.29 is 9.59 Å². The molecule has 1 saturated heterocycles. The Hall–Kier alpha value is -1.60. The molecule has 0 aromatic heterocycles. The van der Waals surface area contributed by atoms with Crippen LogP contribution in [0.2, 0.25) is 0 Å². The van der Waals surface area contributed by atoms with Crippen molar-refractivity contribution >= 4 is 33.6 Å². The first-order chi connectivity index (χ1) is 11.1. The number of amides is 3. The van der Waals surface area contributed by atoms with Crippen molar-refractivity contribution in [1.29, 1.82) is 0 Å². The van der Waals surface area contributed by atoms with Gasteiger partial charge >= 0.3 is 6.03 Å². The number of halogens is 1. The molecule has 1 heterocycles. The van der Waals surface area contributed by atoms with E-state index in [9.17, 15) is 9.59 Å². The van der Waals surface area contributed by atoms with Crippen LogP contribution in [-0.4, -0.2) is 49.6 Å². The van der Waals surface area contributed by atoms with Crippen LogP contribution >= 0.6 is 15.9 Å². The van der Waals surface area contributed by atoms with Gasteiger partial charge in [-0.2, -0.15) is 0 Å². The summed E-state index contributed by atoms with van der Waals surface area (Å²) in [6.45, 7) is 1.89. The highest BCUT2D eigenvalue weighted by Crippen LogP contribution is 2.14. The van der Waals surface area contributed by atoms with Gasteiger partial charge < -0.3 is 20.9 Å². The zero-order valence-corrected chi connectivity index (χ0v) is 14.9. The molecule has 1 aliphatic rings. The molecule has 23 heavy (non-hydrogen) atoms. The van der Waals surface area contributed by atoms with E-state index < -0.39 is 0 Å². The lowest BCUT2D eigenvalue weighted by Crippen LogP contribution is -2.47. The van der Waals surface area contributed by atoms with Crippen molar-refractivity contribution in [3.05, 3.63) is 28.7 Å². The molecule has 1 aromatic carbocycles. The third-order valence-corrected chi connectivity index (χ3v) is 4.44. The number of piperidine rings is 1. The first kappa shape index (κ1) is 17.7. The number of anilines is 1. The van der Waals surface area contributed by atoms with Crippen LogP contribution in [0.4, 0.5) is 10.5 Å². The van der Waals surface area contributed by atoms with Crippen LogP contribution in [0.3, 0.4) is 0 Å². The van der Waals surface area contributed by atoms with Crippen molar-refractivity contribution in [2.75, 3.05) is 32.0 Å². The Kier molecular flexibility index (Phi) is 6.85. The topological polar surface area (TPSA) is 73.5 Å². The second kappa shape index (κ2) is 8.88. The number of nitrogens with one attached hydrogen (secondary N) is 3. The molecule has 1 atom stereocenters. The lowest BCUT2D eigenvalue weighted by atomic mass is 10.1. The van der Waals surface area contributed by atoms with E-state index in [1.165, 1.54) is 0 Å². The summed E-state index contributed by atoms with van der Waals surface area (Å²) in [6.07, 6.45) is 2.45. The number of rotatable bonds is 5. The van der Waals surface area contributed by atoms with E-state index >= 15 is 0 Å². The molecular weight excluding hydrogens is 360 g/mol. The van der Waals surface area contributed by atoms with E-state index in [0.717, 1.165) is 30.4 Å². The molecule has 0 radical (unpaired) electrons. The summed E-state index contributed by atoms with van der Waals surface area (Å²) in [5.41, 5.74) is 0.713. The van der Waals surface area contributed by atoms with Crippen molar-refractivity contribution in [2.45, 2.75) is 25.3 Å². The van der Waals surface area contributed by atoms with E-state index in [1.807, 2.05) is 24.1 Å². The number of urea groups is 1. The first-order valence-electron chi connectivity index (χ1n) is 7.84. The van der Waals surface area contributed by atoms with E-state index in [-0.39, 0.29) is 11.9 Å². The minimum absolute atomic E-state index is 0.0916. The normalized spacial score (nSPS) is 17.7. The number of hydrogen-bond acceptors (Lipinski definition) is 3. The Balaban J connectivity index is 1.68. The molecule has 1 fully saturated rings.